The minimum atomic E-state index is -0.220. The van der Waals surface area contributed by atoms with Crippen LogP contribution in [0.5, 0.6) is 0 Å². The number of hydrogen-bond acceptors (Lipinski definition) is 7. The van der Waals surface area contributed by atoms with E-state index in [1.807, 2.05) is 14.0 Å². The molecular weight excluding hydrogens is 382 g/mol. The van der Waals surface area contributed by atoms with Crippen molar-refractivity contribution >= 4 is 34.2 Å². The number of carbonyl (C=O) groups is 2. The second-order valence-electron chi connectivity index (χ2n) is 7.52. The van der Waals surface area contributed by atoms with Gasteiger partial charge in [-0.1, -0.05) is 0 Å². The second-order valence-corrected chi connectivity index (χ2v) is 7.52. The molecule has 0 saturated carbocycles. The number of ketones is 1. The molecule has 1 aliphatic rings. The van der Waals surface area contributed by atoms with Crippen LogP contribution in [-0.4, -0.2) is 68.6 Å². The van der Waals surface area contributed by atoms with Gasteiger partial charge in [0.15, 0.2) is 11.4 Å². The third-order valence-electron chi connectivity index (χ3n) is 5.54. The molecule has 1 aromatic carbocycles. The van der Waals surface area contributed by atoms with Crippen LogP contribution in [0.4, 0.5) is 11.5 Å². The first-order valence-corrected chi connectivity index (χ1v) is 9.97. The fourth-order valence-electron chi connectivity index (χ4n) is 3.85. The minimum Gasteiger partial charge on any atom is -0.353 e. The van der Waals surface area contributed by atoms with Crippen LogP contribution in [0.2, 0.25) is 0 Å². The van der Waals surface area contributed by atoms with Gasteiger partial charge in [-0.3, -0.25) is 19.2 Å². The van der Waals surface area contributed by atoms with Crippen molar-refractivity contribution in [1.82, 2.24) is 24.6 Å². The zero-order chi connectivity index (χ0) is 21.3. The summed E-state index contributed by atoms with van der Waals surface area (Å²) in [7, 11) is 1.87. The largest absolute Gasteiger partial charge is 0.353 e. The fourth-order valence-corrected chi connectivity index (χ4v) is 3.85. The SMILES string of the molecule is CC(=O)Nc1ccc(C(=O)[C@@H](C)N2CCN(c3ncnc4c3cnn4C)CC2)cc1. The summed E-state index contributed by atoms with van der Waals surface area (Å²) >= 11 is 0. The number of nitrogens with one attached hydrogen (secondary N) is 1. The minimum absolute atomic E-state index is 0.0783. The fraction of sp³-hybridized carbons (Fsp3) is 0.381. The average Bonchev–Trinajstić information content (AvgIpc) is 3.14. The Morgan fingerprint density at radius 2 is 1.77 bits per heavy atom. The van der Waals surface area contributed by atoms with Crippen molar-refractivity contribution in [1.29, 1.82) is 0 Å². The summed E-state index contributed by atoms with van der Waals surface area (Å²) in [4.78, 5) is 37.3. The summed E-state index contributed by atoms with van der Waals surface area (Å²) < 4.78 is 1.74. The lowest BCUT2D eigenvalue weighted by atomic mass is 10.0. The molecule has 156 valence electrons. The highest BCUT2D eigenvalue weighted by molar-refractivity contribution is 6.00. The second kappa shape index (κ2) is 8.19. The van der Waals surface area contributed by atoms with Crippen molar-refractivity contribution in [3.05, 3.63) is 42.4 Å². The van der Waals surface area contributed by atoms with E-state index in [0.717, 1.165) is 43.0 Å². The van der Waals surface area contributed by atoms with Crippen LogP contribution in [0.1, 0.15) is 24.2 Å². The molecule has 4 rings (SSSR count). The molecule has 0 spiro atoms. The molecule has 1 saturated heterocycles. The third-order valence-corrected chi connectivity index (χ3v) is 5.54. The van der Waals surface area contributed by atoms with Crippen molar-refractivity contribution in [3.63, 3.8) is 0 Å². The molecule has 0 radical (unpaired) electrons. The first-order valence-electron chi connectivity index (χ1n) is 9.97. The van der Waals surface area contributed by atoms with E-state index < -0.39 is 0 Å². The predicted octanol–water partition coefficient (Wildman–Crippen LogP) is 1.72. The zero-order valence-corrected chi connectivity index (χ0v) is 17.4. The lowest BCUT2D eigenvalue weighted by molar-refractivity contribution is -0.114. The van der Waals surface area contributed by atoms with E-state index >= 15 is 0 Å². The number of fused-ring (bicyclic) bond motifs is 1. The Balaban J connectivity index is 1.40. The number of amides is 1. The molecular formula is C21H25N7O2. The smallest absolute Gasteiger partial charge is 0.221 e. The molecule has 3 heterocycles. The Morgan fingerprint density at radius 1 is 1.07 bits per heavy atom. The van der Waals surface area contributed by atoms with Gasteiger partial charge in [0.05, 0.1) is 17.6 Å². The Morgan fingerprint density at radius 3 is 2.43 bits per heavy atom. The number of piperazine rings is 1. The molecule has 1 N–H and O–H groups in total. The van der Waals surface area contributed by atoms with Crippen LogP contribution in [-0.2, 0) is 11.8 Å². The average molecular weight is 407 g/mol. The molecule has 3 aromatic rings. The molecule has 0 aliphatic carbocycles. The van der Waals surface area contributed by atoms with E-state index in [4.69, 9.17) is 0 Å². The van der Waals surface area contributed by atoms with E-state index in [9.17, 15) is 9.59 Å². The van der Waals surface area contributed by atoms with E-state index in [1.54, 1.807) is 41.5 Å². The molecule has 1 fully saturated rings. The number of Topliss-reactive ketones (excluding diaryl/α,β-unsaturated/α-hetero) is 1. The highest BCUT2D eigenvalue weighted by Crippen LogP contribution is 2.24. The van der Waals surface area contributed by atoms with Crippen molar-refractivity contribution < 1.29 is 9.59 Å². The number of aromatic nitrogens is 4. The van der Waals surface area contributed by atoms with Gasteiger partial charge >= 0.3 is 0 Å². The van der Waals surface area contributed by atoms with E-state index in [0.29, 0.717) is 11.3 Å². The maximum atomic E-state index is 12.9. The number of rotatable bonds is 5. The van der Waals surface area contributed by atoms with Gasteiger partial charge in [0, 0.05) is 51.4 Å². The molecule has 2 aromatic heterocycles. The van der Waals surface area contributed by atoms with Crippen LogP contribution in [0.3, 0.4) is 0 Å². The summed E-state index contributed by atoms with van der Waals surface area (Å²) in [6.45, 7) is 6.50. The van der Waals surface area contributed by atoms with Crippen molar-refractivity contribution in [3.8, 4) is 0 Å². The number of nitrogens with zero attached hydrogens (tertiary/aromatic N) is 6. The summed E-state index contributed by atoms with van der Waals surface area (Å²) in [6.07, 6.45) is 3.37. The molecule has 1 amide bonds. The van der Waals surface area contributed by atoms with Crippen molar-refractivity contribution in [2.75, 3.05) is 36.4 Å². The monoisotopic (exact) mass is 407 g/mol. The van der Waals surface area contributed by atoms with Gasteiger partial charge in [0.2, 0.25) is 5.91 Å². The number of hydrogen-bond donors (Lipinski definition) is 1. The number of anilines is 2. The highest BCUT2D eigenvalue weighted by atomic mass is 16.1. The van der Waals surface area contributed by atoms with Gasteiger partial charge in [0.1, 0.15) is 12.1 Å². The predicted molar refractivity (Wildman–Crippen MR) is 115 cm³/mol. The van der Waals surface area contributed by atoms with Gasteiger partial charge in [0.25, 0.3) is 0 Å². The summed E-state index contributed by atoms with van der Waals surface area (Å²) in [6, 6.07) is 6.82. The van der Waals surface area contributed by atoms with Gasteiger partial charge in [-0.25, -0.2) is 9.97 Å². The van der Waals surface area contributed by atoms with Crippen LogP contribution in [0.25, 0.3) is 11.0 Å². The van der Waals surface area contributed by atoms with Gasteiger partial charge < -0.3 is 10.2 Å². The van der Waals surface area contributed by atoms with Crippen LogP contribution >= 0.6 is 0 Å². The molecule has 9 heteroatoms. The molecule has 30 heavy (non-hydrogen) atoms. The standard InChI is InChI=1S/C21H25N7O2/c1-14(19(30)16-4-6-17(7-5-16)25-15(2)29)27-8-10-28(11-9-27)21-18-12-24-26(3)20(18)22-13-23-21/h4-7,12-14H,8-11H2,1-3H3,(H,25,29)/t14-/m1/s1. The lowest BCUT2D eigenvalue weighted by Crippen LogP contribution is -2.52. The number of aryl methyl sites for hydroxylation is 1. The molecule has 1 atom stereocenters. The van der Waals surface area contributed by atoms with Crippen molar-refractivity contribution in [2.24, 2.45) is 7.05 Å². The Labute approximate surface area is 174 Å². The number of benzene rings is 1. The van der Waals surface area contributed by atoms with Gasteiger partial charge in [-0.2, -0.15) is 5.10 Å². The summed E-state index contributed by atoms with van der Waals surface area (Å²) in [5, 5.41) is 7.94. The molecule has 1 aliphatic heterocycles. The van der Waals surface area contributed by atoms with Crippen LogP contribution < -0.4 is 10.2 Å². The maximum absolute atomic E-state index is 12.9. The summed E-state index contributed by atoms with van der Waals surface area (Å²) in [5.74, 6) is 0.836. The van der Waals surface area contributed by atoms with Gasteiger partial charge in [-0.05, 0) is 31.2 Å². The van der Waals surface area contributed by atoms with Crippen LogP contribution in [0, 0.1) is 0 Å². The van der Waals surface area contributed by atoms with Crippen molar-refractivity contribution in [2.45, 2.75) is 19.9 Å². The molecule has 0 unspecified atom stereocenters. The topological polar surface area (TPSA) is 96.2 Å². The third kappa shape index (κ3) is 3.88. The van der Waals surface area contributed by atoms with E-state index in [1.165, 1.54) is 6.92 Å². The summed E-state index contributed by atoms with van der Waals surface area (Å²) in [5.41, 5.74) is 2.15. The molecule has 9 nitrogen and oxygen atoms in total. The quantitative estimate of drug-likeness (QED) is 0.643. The first kappa shape index (κ1) is 20.0. The Kier molecular flexibility index (Phi) is 5.45. The Hall–Kier alpha value is -3.33. The zero-order valence-electron chi connectivity index (χ0n) is 17.4. The molecule has 0 bridgehead atoms. The normalized spacial score (nSPS) is 15.9. The maximum Gasteiger partial charge on any atom is 0.221 e. The van der Waals surface area contributed by atoms with E-state index in [-0.39, 0.29) is 17.7 Å². The van der Waals surface area contributed by atoms with Gasteiger partial charge in [-0.15, -0.1) is 0 Å². The van der Waals surface area contributed by atoms with Crippen LogP contribution in [0.15, 0.2) is 36.8 Å². The lowest BCUT2D eigenvalue weighted by Gasteiger charge is -2.38. The Bertz CT molecular complexity index is 1070. The highest BCUT2D eigenvalue weighted by Gasteiger charge is 2.27. The van der Waals surface area contributed by atoms with E-state index in [2.05, 4.69) is 30.2 Å². The first-order chi connectivity index (χ1) is 14.4. The number of carbonyl (C=O) groups excluding carboxylic acids is 2.